The molecule has 0 aliphatic rings. The molecule has 0 aliphatic heterocycles. The number of fused-ring (bicyclic) bond motifs is 1. The van der Waals surface area contributed by atoms with E-state index in [1.54, 1.807) is 0 Å². The third kappa shape index (κ3) is 2.79. The van der Waals surface area contributed by atoms with E-state index in [9.17, 15) is 0 Å². The van der Waals surface area contributed by atoms with Gasteiger partial charge in [-0.3, -0.25) is 0 Å². The van der Waals surface area contributed by atoms with Crippen molar-refractivity contribution in [1.82, 2.24) is 19.8 Å². The summed E-state index contributed by atoms with van der Waals surface area (Å²) in [5, 5.41) is 16.4. The average molecular weight is 295 g/mol. The number of hydrogen-bond donors (Lipinski definition) is 1. The van der Waals surface area contributed by atoms with Crippen LogP contribution < -0.4 is 5.32 Å². The summed E-state index contributed by atoms with van der Waals surface area (Å²) in [6, 6.07) is 12.2. The van der Waals surface area contributed by atoms with Crippen LogP contribution in [-0.4, -0.2) is 19.8 Å². The summed E-state index contributed by atoms with van der Waals surface area (Å²) >= 11 is 0. The van der Waals surface area contributed by atoms with Crippen molar-refractivity contribution in [3.05, 3.63) is 53.3 Å². The molecule has 0 bridgehead atoms. The minimum atomic E-state index is -0.0962. The van der Waals surface area contributed by atoms with Gasteiger partial charge in [-0.15, -0.1) is 15.3 Å². The summed E-state index contributed by atoms with van der Waals surface area (Å²) in [5.74, 6) is 1.68. The van der Waals surface area contributed by atoms with Crippen molar-refractivity contribution < 1.29 is 0 Å². The zero-order chi connectivity index (χ0) is 15.7. The quantitative estimate of drug-likeness (QED) is 0.805. The van der Waals surface area contributed by atoms with E-state index in [2.05, 4.69) is 72.6 Å². The first-order valence-electron chi connectivity index (χ1n) is 7.46. The van der Waals surface area contributed by atoms with Gasteiger partial charge >= 0.3 is 0 Å². The minimum Gasteiger partial charge on any atom is -0.365 e. The van der Waals surface area contributed by atoms with Crippen molar-refractivity contribution in [2.24, 2.45) is 0 Å². The fraction of sp³-hybridized carbons (Fsp3) is 0.353. The highest BCUT2D eigenvalue weighted by Gasteiger charge is 2.21. The van der Waals surface area contributed by atoms with Gasteiger partial charge in [0.15, 0.2) is 11.5 Å². The van der Waals surface area contributed by atoms with Gasteiger partial charge in [0.2, 0.25) is 0 Å². The van der Waals surface area contributed by atoms with Crippen LogP contribution in [0.5, 0.6) is 0 Å². The molecule has 0 fully saturated rings. The zero-order valence-corrected chi connectivity index (χ0v) is 13.5. The molecule has 3 aromatic rings. The third-order valence-electron chi connectivity index (χ3n) is 3.65. The Bertz CT molecular complexity index is 798. The van der Waals surface area contributed by atoms with E-state index in [1.807, 2.05) is 16.6 Å². The first-order valence-corrected chi connectivity index (χ1v) is 7.46. The molecule has 114 valence electrons. The van der Waals surface area contributed by atoms with Crippen LogP contribution in [0.15, 0.2) is 36.4 Å². The highest BCUT2D eigenvalue weighted by atomic mass is 15.4. The maximum atomic E-state index is 4.63. The van der Waals surface area contributed by atoms with E-state index in [4.69, 9.17) is 0 Å². The van der Waals surface area contributed by atoms with Gasteiger partial charge in [0.1, 0.15) is 5.82 Å². The Balaban J connectivity index is 1.87. The molecule has 0 spiro atoms. The second kappa shape index (κ2) is 5.40. The van der Waals surface area contributed by atoms with Gasteiger partial charge in [0, 0.05) is 12.0 Å². The fourth-order valence-corrected chi connectivity index (χ4v) is 2.35. The van der Waals surface area contributed by atoms with E-state index in [0.717, 1.165) is 23.8 Å². The van der Waals surface area contributed by atoms with Crippen molar-refractivity contribution in [2.45, 2.75) is 39.7 Å². The molecule has 0 saturated carbocycles. The van der Waals surface area contributed by atoms with E-state index in [1.165, 1.54) is 11.1 Å². The van der Waals surface area contributed by atoms with Gasteiger partial charge in [-0.25, -0.2) is 0 Å². The lowest BCUT2D eigenvalue weighted by Gasteiger charge is -2.15. The molecule has 1 aromatic carbocycles. The van der Waals surface area contributed by atoms with Crippen LogP contribution in [0, 0.1) is 6.92 Å². The van der Waals surface area contributed by atoms with Crippen molar-refractivity contribution in [3.8, 4) is 0 Å². The van der Waals surface area contributed by atoms with Crippen molar-refractivity contribution in [2.75, 3.05) is 5.32 Å². The number of hydrogen-bond acceptors (Lipinski definition) is 4. The molecular weight excluding hydrogens is 274 g/mol. The van der Waals surface area contributed by atoms with Crippen LogP contribution in [-0.2, 0) is 12.0 Å². The summed E-state index contributed by atoms with van der Waals surface area (Å²) in [6.07, 6.45) is 0. The summed E-state index contributed by atoms with van der Waals surface area (Å²) in [4.78, 5) is 0. The van der Waals surface area contributed by atoms with E-state index < -0.39 is 0 Å². The Hall–Kier alpha value is -2.43. The molecule has 2 aromatic heterocycles. The molecule has 0 amide bonds. The smallest absolute Gasteiger partial charge is 0.178 e. The Kier molecular flexibility index (Phi) is 3.56. The number of aryl methyl sites for hydroxylation is 1. The lowest BCUT2D eigenvalue weighted by Crippen LogP contribution is -2.17. The Morgan fingerprint density at radius 3 is 2.55 bits per heavy atom. The molecule has 3 rings (SSSR count). The van der Waals surface area contributed by atoms with Crippen molar-refractivity contribution >= 4 is 11.5 Å². The Morgan fingerprint density at radius 2 is 1.82 bits per heavy atom. The maximum Gasteiger partial charge on any atom is 0.178 e. The van der Waals surface area contributed by atoms with Gasteiger partial charge in [-0.05, 0) is 30.2 Å². The molecule has 0 radical (unpaired) electrons. The maximum absolute atomic E-state index is 4.63. The molecule has 5 heteroatoms. The summed E-state index contributed by atoms with van der Waals surface area (Å²) in [6.45, 7) is 9.19. The van der Waals surface area contributed by atoms with Crippen molar-refractivity contribution in [1.29, 1.82) is 0 Å². The predicted molar refractivity (Wildman–Crippen MR) is 88.0 cm³/mol. The monoisotopic (exact) mass is 295 g/mol. The van der Waals surface area contributed by atoms with Gasteiger partial charge in [-0.1, -0.05) is 45.0 Å². The number of nitrogens with one attached hydrogen (secondary N) is 1. The number of benzene rings is 1. The second-order valence-corrected chi connectivity index (χ2v) is 6.54. The normalized spacial score (nSPS) is 11.8. The molecule has 2 heterocycles. The van der Waals surface area contributed by atoms with Crippen molar-refractivity contribution in [3.63, 3.8) is 0 Å². The largest absolute Gasteiger partial charge is 0.365 e. The van der Waals surface area contributed by atoms with Gasteiger partial charge in [0.25, 0.3) is 0 Å². The lowest BCUT2D eigenvalue weighted by atomic mass is 9.96. The highest BCUT2D eigenvalue weighted by molar-refractivity contribution is 5.45. The van der Waals surface area contributed by atoms with Crippen LogP contribution in [0.2, 0.25) is 0 Å². The summed E-state index contributed by atoms with van der Waals surface area (Å²) in [5.41, 5.74) is 3.22. The van der Waals surface area contributed by atoms with Crippen LogP contribution in [0.1, 0.15) is 37.7 Å². The average Bonchev–Trinajstić information content (AvgIpc) is 2.89. The SMILES string of the molecule is Cc1ccccc1CNc1ccc2nnc(C(C)(C)C)n2n1. The zero-order valence-electron chi connectivity index (χ0n) is 13.5. The molecular formula is C17H21N5. The first kappa shape index (κ1) is 14.5. The van der Waals surface area contributed by atoms with Gasteiger partial charge in [0.05, 0.1) is 0 Å². The number of nitrogens with zero attached hydrogens (tertiary/aromatic N) is 4. The Morgan fingerprint density at radius 1 is 1.05 bits per heavy atom. The first-order chi connectivity index (χ1) is 10.4. The van der Waals surface area contributed by atoms with Gasteiger partial charge < -0.3 is 5.32 Å². The standard InChI is InChI=1S/C17H21N5/c1-12-7-5-6-8-13(12)11-18-14-9-10-15-19-20-16(17(2,3)4)22(15)21-14/h5-10H,11H2,1-4H3,(H,18,21). The van der Waals surface area contributed by atoms with E-state index >= 15 is 0 Å². The molecule has 0 unspecified atom stereocenters. The van der Waals surface area contributed by atoms with Crippen LogP contribution in [0.25, 0.3) is 5.65 Å². The number of rotatable bonds is 3. The number of anilines is 1. The van der Waals surface area contributed by atoms with E-state index in [0.29, 0.717) is 0 Å². The van der Waals surface area contributed by atoms with Crippen LogP contribution in [0.3, 0.4) is 0 Å². The predicted octanol–water partition coefficient (Wildman–Crippen LogP) is 3.34. The summed E-state index contributed by atoms with van der Waals surface area (Å²) in [7, 11) is 0. The topological polar surface area (TPSA) is 55.1 Å². The molecule has 22 heavy (non-hydrogen) atoms. The van der Waals surface area contributed by atoms with E-state index in [-0.39, 0.29) is 5.41 Å². The molecule has 0 atom stereocenters. The third-order valence-corrected chi connectivity index (χ3v) is 3.65. The molecule has 1 N–H and O–H groups in total. The minimum absolute atomic E-state index is 0.0962. The summed E-state index contributed by atoms with van der Waals surface area (Å²) < 4.78 is 1.82. The molecule has 5 nitrogen and oxygen atoms in total. The molecule has 0 saturated heterocycles. The van der Waals surface area contributed by atoms with Gasteiger partial charge in [-0.2, -0.15) is 4.52 Å². The second-order valence-electron chi connectivity index (χ2n) is 6.54. The Labute approximate surface area is 130 Å². The lowest BCUT2D eigenvalue weighted by molar-refractivity contribution is 0.527. The highest BCUT2D eigenvalue weighted by Crippen LogP contribution is 2.21. The van der Waals surface area contributed by atoms with Crippen LogP contribution >= 0.6 is 0 Å². The number of aromatic nitrogens is 4. The van der Waals surface area contributed by atoms with Crippen LogP contribution in [0.4, 0.5) is 5.82 Å². The molecule has 0 aliphatic carbocycles. The fourth-order valence-electron chi connectivity index (χ4n) is 2.35.